The molecule has 1 fully saturated rings. The number of carbonyl (C=O) groups excluding carboxylic acids is 1. The molecule has 0 heterocycles. The van der Waals surface area contributed by atoms with Gasteiger partial charge in [-0.15, -0.1) is 0 Å². The topological polar surface area (TPSA) is 75.0 Å². The summed E-state index contributed by atoms with van der Waals surface area (Å²) < 4.78 is 23.5. The number of carbonyl (C=O) groups is 1. The molecule has 0 radical (unpaired) electrons. The fourth-order valence-corrected chi connectivity index (χ4v) is 3.86. The van der Waals surface area contributed by atoms with Crippen LogP contribution in [0.1, 0.15) is 55.3 Å². The number of nitriles is 1. The van der Waals surface area contributed by atoms with Crippen molar-refractivity contribution >= 4 is 15.6 Å². The molecule has 1 aliphatic rings. The van der Waals surface area contributed by atoms with E-state index >= 15 is 0 Å². The maximum atomic E-state index is 12.2. The molecule has 4 nitrogen and oxygen atoms in total. The Bertz CT molecular complexity index is 650. The molecule has 118 valence electrons. The van der Waals surface area contributed by atoms with E-state index in [0.717, 1.165) is 6.42 Å². The highest BCUT2D eigenvalue weighted by Gasteiger charge is 2.17. The molecule has 0 amide bonds. The molecular weight excluding hydrogens is 298 g/mol. The quantitative estimate of drug-likeness (QED) is 0.752. The molecule has 1 saturated carbocycles. The zero-order chi connectivity index (χ0) is 16.0. The van der Waals surface area contributed by atoms with E-state index in [1.54, 1.807) is 18.2 Å². The third-order valence-electron chi connectivity index (χ3n) is 4.29. The van der Waals surface area contributed by atoms with E-state index < -0.39 is 15.6 Å². The maximum absolute atomic E-state index is 12.2. The highest BCUT2D eigenvalue weighted by Crippen LogP contribution is 2.27. The number of hydrogen-bond acceptors (Lipinski definition) is 4. The predicted molar refractivity (Wildman–Crippen MR) is 84.2 cm³/mol. The van der Waals surface area contributed by atoms with Crippen molar-refractivity contribution in [3.63, 3.8) is 0 Å². The smallest absolute Gasteiger partial charge is 0.191 e. The summed E-state index contributed by atoms with van der Waals surface area (Å²) in [7, 11) is -3.55. The van der Waals surface area contributed by atoms with Crippen molar-refractivity contribution in [1.29, 1.82) is 5.26 Å². The Balaban J connectivity index is 1.95. The molecule has 22 heavy (non-hydrogen) atoms. The van der Waals surface area contributed by atoms with Gasteiger partial charge in [-0.1, -0.05) is 44.2 Å². The van der Waals surface area contributed by atoms with Crippen molar-refractivity contribution in [3.8, 4) is 6.07 Å². The van der Waals surface area contributed by atoms with E-state index in [0.29, 0.717) is 17.9 Å². The van der Waals surface area contributed by atoms with E-state index in [9.17, 15) is 13.2 Å². The van der Waals surface area contributed by atoms with Crippen molar-refractivity contribution in [2.24, 2.45) is 5.92 Å². The van der Waals surface area contributed by atoms with Crippen LogP contribution in [-0.4, -0.2) is 20.0 Å². The summed E-state index contributed by atoms with van der Waals surface area (Å²) in [5, 5.41) is 8.52. The van der Waals surface area contributed by atoms with Crippen molar-refractivity contribution in [3.05, 3.63) is 29.8 Å². The summed E-state index contributed by atoms with van der Waals surface area (Å²) >= 11 is 0. The first-order chi connectivity index (χ1) is 10.5. The molecule has 0 spiro atoms. The zero-order valence-electron chi connectivity index (χ0n) is 12.6. The van der Waals surface area contributed by atoms with Crippen LogP contribution < -0.4 is 0 Å². The van der Waals surface area contributed by atoms with Gasteiger partial charge in [-0.05, 0) is 24.5 Å². The zero-order valence-corrected chi connectivity index (χ0v) is 13.4. The van der Waals surface area contributed by atoms with Gasteiger partial charge in [0, 0.05) is 12.0 Å². The highest BCUT2D eigenvalue weighted by atomic mass is 32.2. The Kier molecular flexibility index (Phi) is 5.73. The van der Waals surface area contributed by atoms with Crippen LogP contribution in [0.25, 0.3) is 0 Å². The lowest BCUT2D eigenvalue weighted by Crippen LogP contribution is -2.09. The molecule has 5 heteroatoms. The first-order valence-electron chi connectivity index (χ1n) is 7.76. The Morgan fingerprint density at radius 2 is 1.77 bits per heavy atom. The molecule has 0 saturated heterocycles. The van der Waals surface area contributed by atoms with Crippen LogP contribution in [0.4, 0.5) is 0 Å². The van der Waals surface area contributed by atoms with Gasteiger partial charge < -0.3 is 0 Å². The monoisotopic (exact) mass is 319 g/mol. The van der Waals surface area contributed by atoms with Crippen molar-refractivity contribution in [2.75, 3.05) is 5.75 Å². The number of sulfone groups is 1. The fraction of sp³-hybridized carbons (Fsp3) is 0.529. The van der Waals surface area contributed by atoms with Crippen LogP contribution in [0, 0.1) is 17.2 Å². The minimum atomic E-state index is -3.55. The van der Waals surface area contributed by atoms with Gasteiger partial charge in [0.2, 0.25) is 0 Å². The molecular formula is C17H21NO3S. The molecule has 2 rings (SSSR count). The lowest BCUT2D eigenvalue weighted by molar-refractivity contribution is 0.0970. The van der Waals surface area contributed by atoms with Gasteiger partial charge in [0.1, 0.15) is 5.75 Å². The van der Waals surface area contributed by atoms with Crippen molar-refractivity contribution in [2.45, 2.75) is 49.8 Å². The molecule has 0 N–H and O–H groups in total. The molecule has 1 aromatic rings. The SMILES string of the molecule is N#CCS(=O)(=O)c1ccc(C(=O)CCC2CCCCC2)cc1. The van der Waals surface area contributed by atoms with Crippen LogP contribution in [0.5, 0.6) is 0 Å². The molecule has 0 atom stereocenters. The average Bonchev–Trinajstić information content (AvgIpc) is 2.54. The minimum Gasteiger partial charge on any atom is -0.294 e. The lowest BCUT2D eigenvalue weighted by atomic mass is 9.85. The number of hydrogen-bond donors (Lipinski definition) is 0. The Morgan fingerprint density at radius 1 is 1.14 bits per heavy atom. The summed E-state index contributed by atoms with van der Waals surface area (Å²) in [4.78, 5) is 12.3. The Morgan fingerprint density at radius 3 is 2.36 bits per heavy atom. The minimum absolute atomic E-state index is 0.0646. The van der Waals surface area contributed by atoms with Crippen LogP contribution >= 0.6 is 0 Å². The van der Waals surface area contributed by atoms with Gasteiger partial charge in [-0.25, -0.2) is 8.42 Å². The third-order valence-corrected chi connectivity index (χ3v) is 5.79. The Labute approximate surface area is 132 Å². The van der Waals surface area contributed by atoms with Crippen LogP contribution in [-0.2, 0) is 9.84 Å². The van der Waals surface area contributed by atoms with Crippen LogP contribution in [0.2, 0.25) is 0 Å². The van der Waals surface area contributed by atoms with Crippen molar-refractivity contribution in [1.82, 2.24) is 0 Å². The van der Waals surface area contributed by atoms with E-state index in [1.165, 1.54) is 44.2 Å². The van der Waals surface area contributed by atoms with Gasteiger partial charge in [-0.2, -0.15) is 5.26 Å². The van der Waals surface area contributed by atoms with Crippen molar-refractivity contribution < 1.29 is 13.2 Å². The number of nitrogens with zero attached hydrogens (tertiary/aromatic N) is 1. The second-order valence-electron chi connectivity index (χ2n) is 5.91. The molecule has 0 unspecified atom stereocenters. The summed E-state index contributed by atoms with van der Waals surface area (Å²) in [5.41, 5.74) is 0.548. The molecule has 1 aromatic carbocycles. The lowest BCUT2D eigenvalue weighted by Gasteiger charge is -2.20. The summed E-state index contributed by atoms with van der Waals surface area (Å²) in [5.74, 6) is 0.185. The van der Waals surface area contributed by atoms with E-state index in [4.69, 9.17) is 5.26 Å². The number of ketones is 1. The van der Waals surface area contributed by atoms with E-state index in [2.05, 4.69) is 0 Å². The number of rotatable bonds is 6. The fourth-order valence-electron chi connectivity index (χ4n) is 2.97. The maximum Gasteiger partial charge on any atom is 0.191 e. The molecule has 0 bridgehead atoms. The summed E-state index contributed by atoms with van der Waals surface area (Å²) in [6.45, 7) is 0. The Hall–Kier alpha value is -1.67. The van der Waals surface area contributed by atoms with Gasteiger partial charge >= 0.3 is 0 Å². The van der Waals surface area contributed by atoms with Crippen LogP contribution in [0.3, 0.4) is 0 Å². The number of Topliss-reactive ketones (excluding diaryl/α,β-unsaturated/α-hetero) is 1. The average molecular weight is 319 g/mol. The highest BCUT2D eigenvalue weighted by molar-refractivity contribution is 7.91. The number of benzene rings is 1. The predicted octanol–water partition coefficient (Wildman–Crippen LogP) is 3.53. The first kappa shape index (κ1) is 16.7. The van der Waals surface area contributed by atoms with Gasteiger partial charge in [0.25, 0.3) is 0 Å². The summed E-state index contributed by atoms with van der Waals surface area (Å²) in [6.07, 6.45) is 7.73. The largest absolute Gasteiger partial charge is 0.294 e. The second-order valence-corrected chi connectivity index (χ2v) is 7.90. The third kappa shape index (κ3) is 4.41. The second kappa shape index (κ2) is 7.55. The van der Waals surface area contributed by atoms with Gasteiger partial charge in [0.05, 0.1) is 11.0 Å². The van der Waals surface area contributed by atoms with Gasteiger partial charge in [0.15, 0.2) is 15.6 Å². The standard InChI is InChI=1S/C17H21NO3S/c18-12-13-22(20,21)16-9-7-15(8-10-16)17(19)11-6-14-4-2-1-3-5-14/h7-10,14H,1-6,11,13H2. The summed E-state index contributed by atoms with van der Waals surface area (Å²) in [6, 6.07) is 7.58. The normalized spacial score (nSPS) is 16.1. The van der Waals surface area contributed by atoms with E-state index in [1.807, 2.05) is 0 Å². The van der Waals surface area contributed by atoms with E-state index in [-0.39, 0.29) is 10.7 Å². The first-order valence-corrected chi connectivity index (χ1v) is 9.41. The molecule has 0 aliphatic heterocycles. The van der Waals surface area contributed by atoms with Gasteiger partial charge in [-0.3, -0.25) is 4.79 Å². The molecule has 0 aromatic heterocycles. The van der Waals surface area contributed by atoms with Crippen LogP contribution in [0.15, 0.2) is 29.2 Å². The molecule has 1 aliphatic carbocycles.